The number of carboxylic acid groups (broad SMARTS) is 1. The van der Waals surface area contributed by atoms with E-state index >= 15 is 0 Å². The summed E-state index contributed by atoms with van der Waals surface area (Å²) in [6.45, 7) is 3.14. The van der Waals surface area contributed by atoms with Crippen molar-refractivity contribution in [2.45, 2.75) is 13.8 Å². The minimum atomic E-state index is -0.986. The van der Waals surface area contributed by atoms with Crippen molar-refractivity contribution >= 4 is 11.7 Å². The Morgan fingerprint density at radius 1 is 1.59 bits per heavy atom. The molecule has 5 heteroatoms. The zero-order valence-electron chi connectivity index (χ0n) is 9.73. The molecule has 0 atom stereocenters. The molecule has 17 heavy (non-hydrogen) atoms. The van der Waals surface area contributed by atoms with E-state index in [-0.39, 0.29) is 6.61 Å². The first-order chi connectivity index (χ1) is 7.86. The van der Waals surface area contributed by atoms with Gasteiger partial charge in [0.25, 0.3) is 0 Å². The predicted molar refractivity (Wildman–Crippen MR) is 62.5 cm³/mol. The normalized spacial score (nSPS) is 10.6. The Labute approximate surface area is 99.4 Å². The highest BCUT2D eigenvalue weighted by atomic mass is 16.5. The first-order valence-corrected chi connectivity index (χ1v) is 5.02. The van der Waals surface area contributed by atoms with Crippen molar-refractivity contribution in [2.75, 3.05) is 12.3 Å². The molecule has 0 saturated heterocycles. The van der Waals surface area contributed by atoms with Crippen LogP contribution >= 0.6 is 0 Å². The number of nitrogen functional groups attached to an aromatic ring is 1. The van der Waals surface area contributed by atoms with Crippen LogP contribution in [0.2, 0.25) is 0 Å². The molecule has 0 saturated carbocycles. The van der Waals surface area contributed by atoms with E-state index in [1.165, 1.54) is 6.07 Å². The van der Waals surface area contributed by atoms with Gasteiger partial charge in [-0.2, -0.15) is 5.26 Å². The van der Waals surface area contributed by atoms with Crippen LogP contribution in [0.5, 0.6) is 5.75 Å². The van der Waals surface area contributed by atoms with Crippen LogP contribution in [0.3, 0.4) is 0 Å². The number of hydrogen-bond donors (Lipinski definition) is 2. The van der Waals surface area contributed by atoms with Crippen LogP contribution in [-0.2, 0) is 4.79 Å². The van der Waals surface area contributed by atoms with E-state index in [0.29, 0.717) is 17.0 Å². The maximum atomic E-state index is 10.9. The molecule has 0 spiro atoms. The highest BCUT2D eigenvalue weighted by molar-refractivity contribution is 5.73. The molecule has 3 N–H and O–H groups in total. The van der Waals surface area contributed by atoms with Crippen molar-refractivity contribution in [2.24, 2.45) is 5.41 Å². The average molecular weight is 234 g/mol. The molecule has 1 aromatic rings. The smallest absolute Gasteiger partial charge is 0.312 e. The Kier molecular flexibility index (Phi) is 3.59. The summed E-state index contributed by atoms with van der Waals surface area (Å²) in [5.41, 5.74) is 5.45. The Balaban J connectivity index is 2.78. The van der Waals surface area contributed by atoms with Gasteiger partial charge in [0.1, 0.15) is 12.4 Å². The molecule has 0 heterocycles. The van der Waals surface area contributed by atoms with Gasteiger partial charge in [0.05, 0.1) is 22.7 Å². The van der Waals surface area contributed by atoms with E-state index in [1.807, 2.05) is 6.07 Å². The lowest BCUT2D eigenvalue weighted by Gasteiger charge is -2.20. The van der Waals surface area contributed by atoms with Gasteiger partial charge in [-0.15, -0.1) is 0 Å². The van der Waals surface area contributed by atoms with Crippen LogP contribution in [0.25, 0.3) is 0 Å². The summed E-state index contributed by atoms with van der Waals surface area (Å²) in [5.74, 6) is -0.553. The van der Waals surface area contributed by atoms with Crippen LogP contribution < -0.4 is 10.5 Å². The largest absolute Gasteiger partial charge is 0.490 e. The number of ether oxygens (including phenoxy) is 1. The van der Waals surface area contributed by atoms with E-state index in [1.54, 1.807) is 26.0 Å². The zero-order chi connectivity index (χ0) is 13.1. The summed E-state index contributed by atoms with van der Waals surface area (Å²) in [5, 5.41) is 17.6. The molecule has 0 fully saturated rings. The molecule has 0 radical (unpaired) electrons. The lowest BCUT2D eigenvalue weighted by molar-refractivity contribution is -0.148. The number of nitrogens with two attached hydrogens (primary N) is 1. The van der Waals surface area contributed by atoms with Crippen LogP contribution in [-0.4, -0.2) is 17.7 Å². The molecule has 0 aliphatic heterocycles. The topological polar surface area (TPSA) is 96.3 Å². The van der Waals surface area contributed by atoms with Crippen molar-refractivity contribution in [1.82, 2.24) is 0 Å². The third-order valence-electron chi connectivity index (χ3n) is 2.31. The highest BCUT2D eigenvalue weighted by Gasteiger charge is 2.28. The molecule has 1 aromatic carbocycles. The lowest BCUT2D eigenvalue weighted by Crippen LogP contribution is -2.30. The van der Waals surface area contributed by atoms with Crippen molar-refractivity contribution in [1.29, 1.82) is 5.26 Å². The third kappa shape index (κ3) is 3.11. The fourth-order valence-electron chi connectivity index (χ4n) is 1.07. The molecule has 90 valence electrons. The second-order valence-electron chi connectivity index (χ2n) is 4.34. The molecule has 0 aromatic heterocycles. The number of carboxylic acids is 1. The molecule has 0 aliphatic rings. The summed E-state index contributed by atoms with van der Waals surface area (Å²) in [6.07, 6.45) is 0. The number of anilines is 1. The summed E-state index contributed by atoms with van der Waals surface area (Å²) in [6, 6.07) is 6.58. The first-order valence-electron chi connectivity index (χ1n) is 5.02. The molecule has 5 nitrogen and oxygen atoms in total. The first kappa shape index (κ1) is 12.8. The highest BCUT2D eigenvalue weighted by Crippen LogP contribution is 2.25. The fourth-order valence-corrected chi connectivity index (χ4v) is 1.07. The van der Waals surface area contributed by atoms with E-state index in [9.17, 15) is 4.79 Å². The molecule has 0 bridgehead atoms. The second-order valence-corrected chi connectivity index (χ2v) is 4.34. The van der Waals surface area contributed by atoms with Gasteiger partial charge in [0.2, 0.25) is 0 Å². The quantitative estimate of drug-likeness (QED) is 0.772. The second kappa shape index (κ2) is 4.74. The molecular weight excluding hydrogens is 220 g/mol. The van der Waals surface area contributed by atoms with Gasteiger partial charge in [-0.05, 0) is 32.0 Å². The fraction of sp³-hybridized carbons (Fsp3) is 0.333. The minimum absolute atomic E-state index is 0.0123. The van der Waals surface area contributed by atoms with E-state index in [4.69, 9.17) is 20.8 Å². The van der Waals surface area contributed by atoms with Gasteiger partial charge in [-0.25, -0.2) is 0 Å². The van der Waals surface area contributed by atoms with Gasteiger partial charge in [-0.1, -0.05) is 0 Å². The number of benzene rings is 1. The number of nitriles is 1. The monoisotopic (exact) mass is 234 g/mol. The van der Waals surface area contributed by atoms with Gasteiger partial charge in [0.15, 0.2) is 0 Å². The molecule has 1 rings (SSSR count). The minimum Gasteiger partial charge on any atom is -0.490 e. The van der Waals surface area contributed by atoms with Crippen LogP contribution in [0, 0.1) is 16.7 Å². The zero-order valence-corrected chi connectivity index (χ0v) is 9.73. The standard InChI is InChI=1S/C12H14N2O3/c1-12(2,11(15)16)7-17-10-4-3-8(6-13)5-9(10)14/h3-5H,7,14H2,1-2H3,(H,15,16). The number of aliphatic carboxylic acids is 1. The van der Waals surface area contributed by atoms with Gasteiger partial charge in [-0.3, -0.25) is 4.79 Å². The van der Waals surface area contributed by atoms with Crippen molar-refractivity contribution in [3.05, 3.63) is 23.8 Å². The maximum absolute atomic E-state index is 10.9. The van der Waals surface area contributed by atoms with E-state index in [2.05, 4.69) is 0 Å². The van der Waals surface area contributed by atoms with Crippen LogP contribution in [0.4, 0.5) is 5.69 Å². The lowest BCUT2D eigenvalue weighted by atomic mass is 9.95. The van der Waals surface area contributed by atoms with Crippen molar-refractivity contribution in [3.8, 4) is 11.8 Å². The number of hydrogen-bond acceptors (Lipinski definition) is 4. The summed E-state index contributed by atoms with van der Waals surface area (Å²) in [7, 11) is 0. The molecule has 0 aliphatic carbocycles. The Hall–Kier alpha value is -2.22. The average Bonchev–Trinajstić information content (AvgIpc) is 2.27. The van der Waals surface area contributed by atoms with Crippen molar-refractivity contribution in [3.63, 3.8) is 0 Å². The van der Waals surface area contributed by atoms with Crippen molar-refractivity contribution < 1.29 is 14.6 Å². The summed E-state index contributed by atoms with van der Waals surface area (Å²) >= 11 is 0. The maximum Gasteiger partial charge on any atom is 0.312 e. The molecule has 0 amide bonds. The van der Waals surface area contributed by atoms with Gasteiger partial charge < -0.3 is 15.6 Å². The number of rotatable bonds is 4. The molecule has 0 unspecified atom stereocenters. The Morgan fingerprint density at radius 2 is 2.24 bits per heavy atom. The Bertz CT molecular complexity index is 475. The van der Waals surface area contributed by atoms with Gasteiger partial charge in [0, 0.05) is 0 Å². The van der Waals surface area contributed by atoms with E-state index in [0.717, 1.165) is 0 Å². The summed E-state index contributed by atoms with van der Waals surface area (Å²) in [4.78, 5) is 10.9. The number of nitrogens with zero attached hydrogens (tertiary/aromatic N) is 1. The predicted octanol–water partition coefficient (Wildman–Crippen LogP) is 1.63. The Morgan fingerprint density at radius 3 is 2.71 bits per heavy atom. The van der Waals surface area contributed by atoms with Gasteiger partial charge >= 0.3 is 5.97 Å². The van der Waals surface area contributed by atoms with Crippen LogP contribution in [0.15, 0.2) is 18.2 Å². The van der Waals surface area contributed by atoms with E-state index < -0.39 is 11.4 Å². The molecular formula is C12H14N2O3. The number of carbonyl (C=O) groups is 1. The third-order valence-corrected chi connectivity index (χ3v) is 2.31. The van der Waals surface area contributed by atoms with Crippen LogP contribution in [0.1, 0.15) is 19.4 Å². The SMILES string of the molecule is CC(C)(COc1ccc(C#N)cc1N)C(=O)O. The summed E-state index contributed by atoms with van der Waals surface area (Å²) < 4.78 is 5.35.